The highest BCUT2D eigenvalue weighted by atomic mass is 14.8. The lowest BCUT2D eigenvalue weighted by Crippen LogP contribution is -1.95. The summed E-state index contributed by atoms with van der Waals surface area (Å²) in [5.41, 5.74) is 11.8. The van der Waals surface area contributed by atoms with Gasteiger partial charge in [0.15, 0.2) is 0 Å². The van der Waals surface area contributed by atoms with Gasteiger partial charge in [-0.05, 0) is 59.2 Å². The molecular formula is C43H25N5. The van der Waals surface area contributed by atoms with E-state index in [-0.39, 0.29) is 0 Å². The van der Waals surface area contributed by atoms with Gasteiger partial charge in [-0.25, -0.2) is 9.97 Å². The average molecular weight is 612 g/mol. The summed E-state index contributed by atoms with van der Waals surface area (Å²) in [6.07, 6.45) is 5.51. The van der Waals surface area contributed by atoms with Crippen LogP contribution in [0.5, 0.6) is 0 Å². The summed E-state index contributed by atoms with van der Waals surface area (Å²) in [4.78, 5) is 24.9. The highest BCUT2D eigenvalue weighted by Crippen LogP contribution is 2.41. The second kappa shape index (κ2) is 10.5. The molecule has 0 bridgehead atoms. The largest absolute Gasteiger partial charge is 0.256 e. The van der Waals surface area contributed by atoms with E-state index in [4.69, 9.17) is 19.9 Å². The zero-order chi connectivity index (χ0) is 31.6. The van der Waals surface area contributed by atoms with E-state index in [2.05, 4.69) is 114 Å². The van der Waals surface area contributed by atoms with Crippen LogP contribution in [0, 0.1) is 0 Å². The fourth-order valence-electron chi connectivity index (χ4n) is 7.22. The molecule has 10 rings (SSSR count). The molecule has 5 heteroatoms. The SMILES string of the molecule is c1ccc(-c2c3ccccc3nc3c2ccc2ccc(-c4ccc(-c5cc6cccnc6c6ncccc56)c5cccnc45)nc23)cc1. The summed E-state index contributed by atoms with van der Waals surface area (Å²) in [5.74, 6) is 0. The maximum atomic E-state index is 5.34. The molecule has 0 saturated carbocycles. The minimum absolute atomic E-state index is 0.857. The molecule has 0 aliphatic heterocycles. The van der Waals surface area contributed by atoms with E-state index in [9.17, 15) is 0 Å². The second-order valence-corrected chi connectivity index (χ2v) is 12.1. The predicted octanol–water partition coefficient (Wildman–Crippen LogP) is 10.6. The molecule has 48 heavy (non-hydrogen) atoms. The van der Waals surface area contributed by atoms with Gasteiger partial charge in [0.05, 0.1) is 38.8 Å². The summed E-state index contributed by atoms with van der Waals surface area (Å²) < 4.78 is 0. The number of hydrogen-bond donors (Lipinski definition) is 0. The maximum Gasteiger partial charge on any atom is 0.0978 e. The van der Waals surface area contributed by atoms with E-state index in [1.54, 1.807) is 0 Å². The van der Waals surface area contributed by atoms with Crippen molar-refractivity contribution in [2.45, 2.75) is 0 Å². The van der Waals surface area contributed by atoms with E-state index in [1.807, 2.05) is 42.9 Å². The van der Waals surface area contributed by atoms with Crippen molar-refractivity contribution in [3.8, 4) is 33.5 Å². The highest BCUT2D eigenvalue weighted by molar-refractivity contribution is 6.17. The van der Waals surface area contributed by atoms with Gasteiger partial charge in [-0.15, -0.1) is 0 Å². The normalized spacial score (nSPS) is 11.8. The quantitative estimate of drug-likeness (QED) is 0.147. The van der Waals surface area contributed by atoms with Gasteiger partial charge in [-0.1, -0.05) is 91.0 Å². The zero-order valence-electron chi connectivity index (χ0n) is 25.7. The zero-order valence-corrected chi connectivity index (χ0v) is 25.7. The van der Waals surface area contributed by atoms with Crippen LogP contribution < -0.4 is 0 Å². The number of nitrogens with zero attached hydrogens (tertiary/aromatic N) is 5. The lowest BCUT2D eigenvalue weighted by atomic mass is 9.92. The van der Waals surface area contributed by atoms with Crippen molar-refractivity contribution in [2.24, 2.45) is 0 Å². The van der Waals surface area contributed by atoms with Crippen LogP contribution in [0.1, 0.15) is 0 Å². The Morgan fingerprint density at radius 3 is 1.92 bits per heavy atom. The summed E-state index contributed by atoms with van der Waals surface area (Å²) in [6, 6.07) is 46.4. The van der Waals surface area contributed by atoms with Crippen LogP contribution in [0.25, 0.3) is 98.9 Å². The molecule has 0 spiro atoms. The molecule has 0 radical (unpaired) electrons. The van der Waals surface area contributed by atoms with Crippen molar-refractivity contribution >= 4 is 65.4 Å². The molecule has 0 aliphatic rings. The molecule has 10 aromatic rings. The molecule has 0 unspecified atom stereocenters. The Kier molecular flexibility index (Phi) is 5.81. The van der Waals surface area contributed by atoms with Crippen molar-refractivity contribution in [3.63, 3.8) is 0 Å². The summed E-state index contributed by atoms with van der Waals surface area (Å²) >= 11 is 0. The van der Waals surface area contributed by atoms with Gasteiger partial charge in [-0.2, -0.15) is 0 Å². The first kappa shape index (κ1) is 26.6. The Labute approximate surface area is 275 Å². The number of benzene rings is 5. The Morgan fingerprint density at radius 2 is 1.04 bits per heavy atom. The number of fused-ring (bicyclic) bond motifs is 8. The van der Waals surface area contributed by atoms with Crippen molar-refractivity contribution in [1.82, 2.24) is 24.9 Å². The first-order chi connectivity index (χ1) is 23.8. The fourth-order valence-corrected chi connectivity index (χ4v) is 7.22. The topological polar surface area (TPSA) is 64.5 Å². The van der Waals surface area contributed by atoms with E-state index in [0.717, 1.165) is 93.4 Å². The van der Waals surface area contributed by atoms with Crippen molar-refractivity contribution < 1.29 is 0 Å². The van der Waals surface area contributed by atoms with Crippen LogP contribution in [0.2, 0.25) is 0 Å². The van der Waals surface area contributed by atoms with Crippen LogP contribution in [-0.4, -0.2) is 24.9 Å². The molecule has 5 aromatic carbocycles. The summed E-state index contributed by atoms with van der Waals surface area (Å²) in [6.45, 7) is 0. The minimum atomic E-state index is 0.857. The maximum absolute atomic E-state index is 5.34. The standard InChI is InChI=1S/C43H25N5/c1-2-9-26(10-3-1)38-32-12-4-5-15-36(32)48-43-34(38)18-16-27-17-21-37(47-40(27)43)33-20-19-29(30-13-7-23-45-41(30)33)35-25-28-11-6-22-44-39(28)42-31(35)14-8-24-46-42/h1-25H. The van der Waals surface area contributed by atoms with E-state index in [0.29, 0.717) is 0 Å². The second-order valence-electron chi connectivity index (χ2n) is 12.1. The highest BCUT2D eigenvalue weighted by Gasteiger charge is 2.18. The smallest absolute Gasteiger partial charge is 0.0978 e. The van der Waals surface area contributed by atoms with Crippen molar-refractivity contribution in [1.29, 1.82) is 0 Å². The molecule has 5 nitrogen and oxygen atoms in total. The molecular weight excluding hydrogens is 587 g/mol. The first-order valence-electron chi connectivity index (χ1n) is 16.0. The van der Waals surface area contributed by atoms with Gasteiger partial charge >= 0.3 is 0 Å². The molecule has 0 atom stereocenters. The predicted molar refractivity (Wildman–Crippen MR) is 197 cm³/mol. The Bertz CT molecular complexity index is 2900. The van der Waals surface area contributed by atoms with Gasteiger partial charge in [0.2, 0.25) is 0 Å². The van der Waals surface area contributed by atoms with Gasteiger partial charge in [-0.3, -0.25) is 15.0 Å². The number of hydrogen-bond acceptors (Lipinski definition) is 5. The summed E-state index contributed by atoms with van der Waals surface area (Å²) in [5, 5.41) is 6.43. The molecule has 5 aromatic heterocycles. The number of pyridine rings is 5. The van der Waals surface area contributed by atoms with E-state index >= 15 is 0 Å². The fraction of sp³-hybridized carbons (Fsp3) is 0. The molecule has 0 aliphatic carbocycles. The number of rotatable bonds is 3. The Morgan fingerprint density at radius 1 is 0.354 bits per heavy atom. The van der Waals surface area contributed by atoms with Gasteiger partial charge in [0.25, 0.3) is 0 Å². The van der Waals surface area contributed by atoms with Crippen molar-refractivity contribution in [2.75, 3.05) is 0 Å². The van der Waals surface area contributed by atoms with Gasteiger partial charge < -0.3 is 0 Å². The van der Waals surface area contributed by atoms with Crippen LogP contribution in [0.15, 0.2) is 152 Å². The third-order valence-electron chi connectivity index (χ3n) is 9.37. The number of aromatic nitrogens is 5. The van der Waals surface area contributed by atoms with Crippen LogP contribution in [-0.2, 0) is 0 Å². The minimum Gasteiger partial charge on any atom is -0.256 e. The summed E-state index contributed by atoms with van der Waals surface area (Å²) in [7, 11) is 0. The molecule has 5 heterocycles. The van der Waals surface area contributed by atoms with Crippen LogP contribution >= 0.6 is 0 Å². The third kappa shape index (κ3) is 4.01. The molecule has 0 N–H and O–H groups in total. The third-order valence-corrected chi connectivity index (χ3v) is 9.37. The van der Waals surface area contributed by atoms with E-state index < -0.39 is 0 Å². The molecule has 0 amide bonds. The first-order valence-corrected chi connectivity index (χ1v) is 16.0. The van der Waals surface area contributed by atoms with Gasteiger partial charge in [0.1, 0.15) is 0 Å². The van der Waals surface area contributed by atoms with Crippen LogP contribution in [0.4, 0.5) is 0 Å². The lowest BCUT2D eigenvalue weighted by Gasteiger charge is -2.15. The number of para-hydroxylation sites is 1. The lowest BCUT2D eigenvalue weighted by molar-refractivity contribution is 1.36. The van der Waals surface area contributed by atoms with Crippen LogP contribution in [0.3, 0.4) is 0 Å². The van der Waals surface area contributed by atoms with Crippen molar-refractivity contribution in [3.05, 3.63) is 152 Å². The monoisotopic (exact) mass is 611 g/mol. The molecule has 0 saturated heterocycles. The van der Waals surface area contributed by atoms with E-state index in [1.165, 1.54) is 5.56 Å². The Balaban J connectivity index is 1.22. The molecule has 0 fully saturated rings. The van der Waals surface area contributed by atoms with Gasteiger partial charge in [0, 0.05) is 62.0 Å². The average Bonchev–Trinajstić information content (AvgIpc) is 3.16. The Hall–Kier alpha value is -6.59. The molecule has 222 valence electrons.